The van der Waals surface area contributed by atoms with Crippen LogP contribution in [0.5, 0.6) is 0 Å². The van der Waals surface area contributed by atoms with E-state index in [4.69, 9.17) is 5.73 Å². The fourth-order valence-electron chi connectivity index (χ4n) is 0.593. The lowest BCUT2D eigenvalue weighted by atomic mass is 10.3. The predicted molar refractivity (Wildman–Crippen MR) is 50.1 cm³/mol. The Labute approximate surface area is 83.3 Å². The molecule has 0 aliphatic carbocycles. The van der Waals surface area contributed by atoms with Crippen molar-refractivity contribution < 1.29 is 17.9 Å². The van der Waals surface area contributed by atoms with Gasteiger partial charge in [-0.05, 0) is 0 Å². The van der Waals surface area contributed by atoms with Crippen molar-refractivity contribution in [3.63, 3.8) is 0 Å². The quantitative estimate of drug-likeness (QED) is 0.573. The van der Waals surface area contributed by atoms with Crippen LogP contribution in [0.15, 0.2) is 0 Å². The van der Waals surface area contributed by atoms with Gasteiger partial charge >= 0.3 is 5.97 Å². The summed E-state index contributed by atoms with van der Waals surface area (Å²) in [5.41, 5.74) is 5.13. The summed E-state index contributed by atoms with van der Waals surface area (Å²) in [7, 11) is -2.26. The number of hydrogen-bond acceptors (Lipinski definition) is 5. The fraction of sp³-hybridized carbons (Fsp3) is 0.800. The maximum atomic E-state index is 10.8. The van der Waals surface area contributed by atoms with Crippen LogP contribution < -0.4 is 10.5 Å². The number of methoxy groups -OCH3 is 1. The zero-order chi connectivity index (χ0) is 9.78. The van der Waals surface area contributed by atoms with Crippen molar-refractivity contribution in [3.8, 4) is 0 Å². The number of esters is 1. The average Bonchev–Trinajstić information content (AvgIpc) is 1.97. The molecule has 13 heavy (non-hydrogen) atoms. The first-order valence-electron chi connectivity index (χ1n) is 3.16. The molecule has 0 spiro atoms. The van der Waals surface area contributed by atoms with E-state index in [1.807, 2.05) is 4.72 Å². The SMILES string of the molecule is COC(=O)[C@H](CN)NS(C)(=O)=O.Cl. The number of carbonyl (C=O) groups is 1. The summed E-state index contributed by atoms with van der Waals surface area (Å²) in [5.74, 6) is -0.692. The third-order valence-electron chi connectivity index (χ3n) is 1.08. The molecular weight excluding hydrogens is 220 g/mol. The highest BCUT2D eigenvalue weighted by molar-refractivity contribution is 7.88. The van der Waals surface area contributed by atoms with Crippen molar-refractivity contribution in [1.29, 1.82) is 0 Å². The first kappa shape index (κ1) is 15.1. The molecule has 0 radical (unpaired) electrons. The Bertz CT molecular complexity index is 253. The third-order valence-corrected chi connectivity index (χ3v) is 1.79. The van der Waals surface area contributed by atoms with Crippen molar-refractivity contribution in [2.45, 2.75) is 6.04 Å². The van der Waals surface area contributed by atoms with Crippen LogP contribution >= 0.6 is 12.4 Å². The number of halogens is 1. The molecule has 80 valence electrons. The number of hydrogen-bond donors (Lipinski definition) is 2. The van der Waals surface area contributed by atoms with Gasteiger partial charge in [0.2, 0.25) is 10.0 Å². The van der Waals surface area contributed by atoms with Gasteiger partial charge in [0.15, 0.2) is 0 Å². The molecule has 0 saturated carbocycles. The van der Waals surface area contributed by atoms with Crippen molar-refractivity contribution in [3.05, 3.63) is 0 Å². The van der Waals surface area contributed by atoms with Crippen LogP contribution in [0.2, 0.25) is 0 Å². The molecule has 0 aromatic heterocycles. The normalized spacial score (nSPS) is 12.8. The van der Waals surface area contributed by atoms with Gasteiger partial charge in [-0.2, -0.15) is 4.72 Å². The van der Waals surface area contributed by atoms with Crippen LogP contribution in [0.3, 0.4) is 0 Å². The minimum absolute atomic E-state index is 0. The first-order valence-corrected chi connectivity index (χ1v) is 5.05. The maximum Gasteiger partial charge on any atom is 0.325 e. The van der Waals surface area contributed by atoms with Gasteiger partial charge < -0.3 is 10.5 Å². The van der Waals surface area contributed by atoms with Crippen molar-refractivity contribution in [2.24, 2.45) is 5.73 Å². The van der Waals surface area contributed by atoms with Crippen LogP contribution in [0.4, 0.5) is 0 Å². The third kappa shape index (κ3) is 6.76. The van der Waals surface area contributed by atoms with Crippen LogP contribution in [-0.2, 0) is 19.6 Å². The smallest absolute Gasteiger partial charge is 0.325 e. The second kappa shape index (κ2) is 6.14. The number of carbonyl (C=O) groups excluding carboxylic acids is 1. The highest BCUT2D eigenvalue weighted by Gasteiger charge is 2.20. The summed E-state index contributed by atoms with van der Waals surface area (Å²) < 4.78 is 27.6. The van der Waals surface area contributed by atoms with Gasteiger partial charge in [0, 0.05) is 6.54 Å². The molecule has 0 amide bonds. The monoisotopic (exact) mass is 232 g/mol. The van der Waals surface area contributed by atoms with Gasteiger partial charge in [-0.3, -0.25) is 4.79 Å². The Morgan fingerprint density at radius 1 is 1.62 bits per heavy atom. The summed E-state index contributed by atoms with van der Waals surface area (Å²) in [6.07, 6.45) is 0.943. The van der Waals surface area contributed by atoms with Crippen LogP contribution in [-0.4, -0.2) is 40.3 Å². The molecule has 0 saturated heterocycles. The Kier molecular flexibility index (Phi) is 7.14. The van der Waals surface area contributed by atoms with Gasteiger partial charge in [0.1, 0.15) is 6.04 Å². The van der Waals surface area contributed by atoms with E-state index in [2.05, 4.69) is 4.74 Å². The number of sulfonamides is 1. The minimum Gasteiger partial charge on any atom is -0.468 e. The first-order chi connectivity index (χ1) is 5.40. The average molecular weight is 233 g/mol. The van der Waals surface area contributed by atoms with Crippen molar-refractivity contribution in [2.75, 3.05) is 19.9 Å². The molecule has 0 aromatic carbocycles. The zero-order valence-corrected chi connectivity index (χ0v) is 8.94. The summed E-state index contributed by atoms with van der Waals surface area (Å²) in [5, 5.41) is 0. The number of rotatable bonds is 4. The summed E-state index contributed by atoms with van der Waals surface area (Å²) >= 11 is 0. The molecule has 0 fully saturated rings. The van der Waals surface area contributed by atoms with E-state index < -0.39 is 22.0 Å². The van der Waals surface area contributed by atoms with Crippen molar-refractivity contribution in [1.82, 2.24) is 4.72 Å². The lowest BCUT2D eigenvalue weighted by molar-refractivity contribution is -0.142. The minimum atomic E-state index is -3.42. The molecule has 8 heteroatoms. The number of nitrogens with one attached hydrogen (secondary N) is 1. The molecule has 0 aliphatic rings. The van der Waals surface area contributed by atoms with E-state index in [-0.39, 0.29) is 19.0 Å². The summed E-state index contributed by atoms with van der Waals surface area (Å²) in [6.45, 7) is -0.125. The maximum absolute atomic E-state index is 10.8. The standard InChI is InChI=1S/C5H12N2O4S.ClH/c1-11-5(8)4(3-6)7-12(2,9)10;/h4,7H,3,6H2,1-2H3;1H/t4-;/m0./s1. The topological polar surface area (TPSA) is 98.5 Å². The summed E-state index contributed by atoms with van der Waals surface area (Å²) in [4.78, 5) is 10.8. The van der Waals surface area contributed by atoms with Gasteiger partial charge in [-0.1, -0.05) is 0 Å². The lowest BCUT2D eigenvalue weighted by Gasteiger charge is -2.11. The molecule has 0 unspecified atom stereocenters. The second-order valence-electron chi connectivity index (χ2n) is 2.20. The number of ether oxygens (including phenoxy) is 1. The molecule has 0 bridgehead atoms. The van der Waals surface area contributed by atoms with Gasteiger partial charge in [-0.15, -0.1) is 12.4 Å². The van der Waals surface area contributed by atoms with Crippen LogP contribution in [0.1, 0.15) is 0 Å². The summed E-state index contributed by atoms with van der Waals surface area (Å²) in [6, 6.07) is -0.995. The Morgan fingerprint density at radius 3 is 2.31 bits per heavy atom. The van der Waals surface area contributed by atoms with Crippen LogP contribution in [0, 0.1) is 0 Å². The second-order valence-corrected chi connectivity index (χ2v) is 3.98. The van der Waals surface area contributed by atoms with Crippen LogP contribution in [0.25, 0.3) is 0 Å². The van der Waals surface area contributed by atoms with Gasteiger partial charge in [0.25, 0.3) is 0 Å². The van der Waals surface area contributed by atoms with Gasteiger partial charge in [-0.25, -0.2) is 8.42 Å². The van der Waals surface area contributed by atoms with E-state index in [9.17, 15) is 13.2 Å². The molecule has 1 atom stereocenters. The molecule has 6 nitrogen and oxygen atoms in total. The van der Waals surface area contributed by atoms with Crippen molar-refractivity contribution >= 4 is 28.4 Å². The number of nitrogens with two attached hydrogens (primary N) is 1. The molecule has 0 aromatic rings. The van der Waals surface area contributed by atoms with Gasteiger partial charge in [0.05, 0.1) is 13.4 Å². The van der Waals surface area contributed by atoms with E-state index >= 15 is 0 Å². The predicted octanol–water partition coefficient (Wildman–Crippen LogP) is -1.54. The molecule has 0 rings (SSSR count). The highest BCUT2D eigenvalue weighted by atomic mass is 35.5. The van der Waals surface area contributed by atoms with E-state index in [1.54, 1.807) is 0 Å². The zero-order valence-electron chi connectivity index (χ0n) is 7.31. The Balaban J connectivity index is 0. The Hall–Kier alpha value is -0.370. The Morgan fingerprint density at radius 2 is 2.08 bits per heavy atom. The van der Waals surface area contributed by atoms with E-state index in [1.165, 1.54) is 0 Å². The van der Waals surface area contributed by atoms with E-state index in [0.717, 1.165) is 13.4 Å². The van der Waals surface area contributed by atoms with E-state index in [0.29, 0.717) is 0 Å². The highest BCUT2D eigenvalue weighted by Crippen LogP contribution is 1.87. The fourth-order valence-corrected chi connectivity index (χ4v) is 1.30. The molecule has 0 heterocycles. The molecule has 3 N–H and O–H groups in total. The molecule has 0 aliphatic heterocycles. The molecular formula is C5H13ClN2O4S. The largest absolute Gasteiger partial charge is 0.468 e. The lowest BCUT2D eigenvalue weighted by Crippen LogP contribution is -2.45.